The van der Waals surface area contributed by atoms with Crippen LogP contribution in [0.1, 0.15) is 91.5 Å². The number of hydrogen-bond donors (Lipinski definition) is 9. The molecule has 1 amide bonds. The van der Waals surface area contributed by atoms with Crippen LogP contribution in [0.25, 0.3) is 0 Å². The van der Waals surface area contributed by atoms with Crippen molar-refractivity contribution in [1.29, 1.82) is 1.43 Å². The minimum Gasteiger partial charge on any atom is -0.400 e. The van der Waals surface area contributed by atoms with Gasteiger partial charge in [-0.3, -0.25) is 47.8 Å². The molecule has 3 aromatic rings. The molecule has 3 aromatic heterocycles. The maximum Gasteiger partial charge on any atom is 0.330 e. The summed E-state index contributed by atoms with van der Waals surface area (Å²) < 4.78 is 73.8. The number of aromatic amines is 3. The van der Waals surface area contributed by atoms with Gasteiger partial charge in [0, 0.05) is 57.1 Å². The molecular formula is C42H63F3N8O14. The predicted octanol–water partition coefficient (Wildman–Crippen LogP) is -1.31. The Kier molecular flexibility index (Phi) is 22.6. The third kappa shape index (κ3) is 15.5. The Hall–Kier alpha value is -5.46. The lowest BCUT2D eigenvalue weighted by atomic mass is 10.00. The van der Waals surface area contributed by atoms with Crippen LogP contribution >= 0.6 is 0 Å². The molecule has 376 valence electrons. The van der Waals surface area contributed by atoms with E-state index < -0.39 is 102 Å². The van der Waals surface area contributed by atoms with Gasteiger partial charge in [-0.25, -0.2) is 27.6 Å². The number of rotatable bonds is 12. The van der Waals surface area contributed by atoms with Crippen molar-refractivity contribution in [2.24, 2.45) is 11.7 Å². The van der Waals surface area contributed by atoms with E-state index in [4.69, 9.17) is 34.3 Å². The van der Waals surface area contributed by atoms with E-state index in [1.54, 1.807) is 6.92 Å². The average Bonchev–Trinajstić information content (AvgIpc) is 3.89. The maximum absolute atomic E-state index is 14.4. The molecule has 6 rings (SSSR count). The zero-order valence-electron chi connectivity index (χ0n) is 39.8. The van der Waals surface area contributed by atoms with Gasteiger partial charge in [-0.15, -0.1) is 6.42 Å². The van der Waals surface area contributed by atoms with Gasteiger partial charge in [-0.05, 0) is 45.5 Å². The largest absolute Gasteiger partial charge is 0.400 e. The zero-order chi connectivity index (χ0) is 52.1. The number of hydrogen-bond acceptors (Lipinski definition) is 15. The van der Waals surface area contributed by atoms with Gasteiger partial charge in [-0.1, -0.05) is 33.1 Å². The normalized spacial score (nSPS) is 27.5. The molecule has 0 saturated carbocycles. The fraction of sp³-hybridized carbons (Fsp3) is 0.643. The van der Waals surface area contributed by atoms with E-state index in [1.807, 2.05) is 18.8 Å². The number of nitrogens with two attached hydrogens (primary N) is 1. The molecule has 10 N–H and O–H groups in total. The second-order valence-corrected chi connectivity index (χ2v) is 15.2. The van der Waals surface area contributed by atoms with Gasteiger partial charge >= 0.3 is 17.1 Å². The van der Waals surface area contributed by atoms with Crippen LogP contribution < -0.4 is 44.8 Å². The van der Waals surface area contributed by atoms with Crippen molar-refractivity contribution in [1.82, 2.24) is 34.0 Å². The second kappa shape index (κ2) is 28.0. The molecule has 3 saturated heterocycles. The molecule has 3 aliphatic heterocycles. The molecule has 0 aromatic carbocycles. The molecule has 0 bridgehead atoms. The minimum atomic E-state index is -1.85. The first-order valence-corrected chi connectivity index (χ1v) is 21.2. The van der Waals surface area contributed by atoms with E-state index in [9.17, 15) is 56.9 Å². The van der Waals surface area contributed by atoms with Crippen molar-refractivity contribution >= 4 is 5.91 Å². The highest BCUT2D eigenvalue weighted by Gasteiger charge is 2.46. The topological polar surface area (TPSA) is 328 Å². The predicted molar refractivity (Wildman–Crippen MR) is 236 cm³/mol. The van der Waals surface area contributed by atoms with Crippen LogP contribution in [0.5, 0.6) is 0 Å². The highest BCUT2D eigenvalue weighted by molar-refractivity contribution is 5.73. The lowest BCUT2D eigenvalue weighted by molar-refractivity contribution is -0.118. The zero-order valence-corrected chi connectivity index (χ0v) is 37.8. The number of nitrogens with one attached hydrogen (secondary N) is 4. The summed E-state index contributed by atoms with van der Waals surface area (Å²) in [6, 6.07) is 1.04. The van der Waals surface area contributed by atoms with Crippen molar-refractivity contribution in [3.05, 3.63) is 98.3 Å². The van der Waals surface area contributed by atoms with Gasteiger partial charge in [0.15, 0.2) is 37.2 Å². The summed E-state index contributed by atoms with van der Waals surface area (Å²) in [5, 5.41) is 33.8. The monoisotopic (exact) mass is 963 g/mol. The third-order valence-electron chi connectivity index (χ3n) is 10.5. The average molecular weight is 964 g/mol. The summed E-state index contributed by atoms with van der Waals surface area (Å²) >= 11 is 0. The van der Waals surface area contributed by atoms with E-state index in [2.05, 4.69) is 26.3 Å². The molecule has 25 heteroatoms. The quantitative estimate of drug-likeness (QED) is 0.0953. The number of aliphatic hydroxyl groups excluding tert-OH is 4. The van der Waals surface area contributed by atoms with E-state index in [0.717, 1.165) is 34.2 Å². The second-order valence-electron chi connectivity index (χ2n) is 15.2. The molecule has 6 heterocycles. The number of alkyl halides is 3. The number of carbonyl (C=O) groups is 1. The van der Waals surface area contributed by atoms with Crippen LogP contribution in [-0.4, -0.2) is 132 Å². The van der Waals surface area contributed by atoms with Crippen molar-refractivity contribution < 1.29 is 54.0 Å². The van der Waals surface area contributed by atoms with E-state index in [-0.39, 0.29) is 24.8 Å². The molecule has 22 nitrogen and oxygen atoms in total. The van der Waals surface area contributed by atoms with Gasteiger partial charge in [-0.2, -0.15) is 0 Å². The van der Waals surface area contributed by atoms with Gasteiger partial charge in [0.05, 0.1) is 25.4 Å². The lowest BCUT2D eigenvalue weighted by Crippen LogP contribution is -2.37. The Labute approximate surface area is 384 Å². The Morgan fingerprint density at radius 3 is 1.81 bits per heavy atom. The smallest absolute Gasteiger partial charge is 0.330 e. The first-order chi connectivity index (χ1) is 32.7. The molecule has 67 heavy (non-hydrogen) atoms. The number of aryl methyl sites for hydroxylation is 2. The Balaban J connectivity index is 0.000000324. The number of carbonyl (C=O) groups excluding carboxylic acids is 1. The van der Waals surface area contributed by atoms with E-state index >= 15 is 0 Å². The molecule has 0 aliphatic carbocycles. The molecular weight excluding hydrogens is 897 g/mol. The number of nitrogens with zero attached hydrogens (tertiary/aromatic N) is 3. The Bertz CT molecular complexity index is 2360. The molecule has 0 radical (unpaired) electrons. The molecule has 12 atom stereocenters. The summed E-state index contributed by atoms with van der Waals surface area (Å²) in [5.74, 6) is 1.92. The van der Waals surface area contributed by atoms with Crippen LogP contribution in [0.2, 0.25) is 0 Å². The highest BCUT2D eigenvalue weighted by atomic mass is 19.1. The summed E-state index contributed by atoms with van der Waals surface area (Å²) in [6.45, 7) is 6.99. The van der Waals surface area contributed by atoms with E-state index in [0.29, 0.717) is 49.9 Å². The molecule has 0 spiro atoms. The number of ether oxygens (including phenoxy) is 3. The summed E-state index contributed by atoms with van der Waals surface area (Å²) in [7, 11) is 1.29. The number of H-pyrrole nitrogens is 3. The maximum atomic E-state index is 14.4. The third-order valence-corrected chi connectivity index (χ3v) is 10.5. The molecule has 3 aliphatic rings. The van der Waals surface area contributed by atoms with Gasteiger partial charge in [0.1, 0.15) is 18.3 Å². The van der Waals surface area contributed by atoms with Gasteiger partial charge in [0.2, 0.25) is 7.34 Å². The van der Waals surface area contributed by atoms with E-state index in [1.165, 1.54) is 31.0 Å². The van der Waals surface area contributed by atoms with Crippen molar-refractivity contribution in [3.8, 4) is 12.3 Å². The lowest BCUT2D eigenvalue weighted by Gasteiger charge is -2.17. The highest BCUT2D eigenvalue weighted by Crippen LogP contribution is 2.37. The van der Waals surface area contributed by atoms with Crippen LogP contribution in [-0.2, 0) is 31.8 Å². The van der Waals surface area contributed by atoms with Gasteiger partial charge in [0.25, 0.3) is 16.7 Å². The summed E-state index contributed by atoms with van der Waals surface area (Å²) in [6.07, 6.45) is -1.36. The summed E-state index contributed by atoms with van der Waals surface area (Å²) in [4.78, 5) is 85.7. The van der Waals surface area contributed by atoms with Crippen LogP contribution in [0.4, 0.5) is 13.2 Å². The molecule has 0 unspecified atom stereocenters. The number of aliphatic hydroxyl groups is 4. The molecule has 3 fully saturated rings. The van der Waals surface area contributed by atoms with Crippen molar-refractivity contribution in [3.63, 3.8) is 0 Å². The number of terminal acetylenes is 1. The number of halogens is 3. The number of unbranched alkanes of at least 4 members (excludes halogenated alkanes) is 1. The van der Waals surface area contributed by atoms with Crippen molar-refractivity contribution in [2.45, 2.75) is 141 Å². The Morgan fingerprint density at radius 2 is 1.39 bits per heavy atom. The fourth-order valence-corrected chi connectivity index (χ4v) is 6.79. The summed E-state index contributed by atoms with van der Waals surface area (Å²) in [5.41, 5.74) is 2.35. The SMILES string of the molecule is C#CCNC(C)=O.CCCCc1cn([C@@H]2O[C@H](CC)[C@@H](C)[C@H]2F)c(=O)[nH]c1=O.O=c1ccn([C@@H]2O[C@H](CO)[C@@H](O)[C@H]2F)c(=O)[nH]1.[2H]C[C@H]1O[C@@H](n2cc(CCCN)c(=O)[nH]c2=O)[C@H](F)[C@@H]1O.[3H]OC. The van der Waals surface area contributed by atoms with Crippen LogP contribution in [0.3, 0.4) is 0 Å². The first-order valence-electron chi connectivity index (χ1n) is 22.4. The van der Waals surface area contributed by atoms with Gasteiger partial charge < -0.3 is 45.7 Å². The first kappa shape index (κ1) is 54.1. The number of amides is 1. The minimum absolute atomic E-state index is 0.0852. The van der Waals surface area contributed by atoms with Crippen LogP contribution in [0, 0.1) is 18.3 Å². The van der Waals surface area contributed by atoms with Crippen LogP contribution in [0.15, 0.2) is 53.4 Å². The fourth-order valence-electron chi connectivity index (χ4n) is 6.79. The Morgan fingerprint density at radius 1 is 0.881 bits per heavy atom. The number of aromatic nitrogens is 6. The standard InChI is InChI=1S/C15H23FN2O3.C12H18FN3O4.C9H11FN2O5.C5H7NO.CH4O/c1-4-6-7-10-8-18(15(20)17-13(10)19)14-12(16)9(3)11(5-2)21-14;1-6-9(17)8(13)11(20-6)16-5-7(3-2-4-14)10(18)15-12(16)19;10-6-7(15)4(3-13)17-8(6)12-2-1-5(14)11-9(12)16;1-3-4-6-5(2)7;1-2/h8-9,11-12,14H,4-7H2,1-3H3,(H,17,19,20);5-6,8-9,11,17H,2-4,14H2,1H3,(H,15,18,19);1-2,4,6-8,13,15H,3H2,(H,11,14,16);1H,4H2,2H3,(H,6,7);2H,1H3/t9-,11-,12-,14-;6-,8-,9-,11-;4-,6-,7-,8-;;/m111../s1/i;1D;;;2T. The van der Waals surface area contributed by atoms with Crippen molar-refractivity contribution in [2.75, 3.05) is 26.8 Å².